The molecule has 4 fully saturated rings. The highest BCUT2D eigenvalue weighted by Gasteiger charge is 2.59. The molecule has 5 N–H and O–H groups in total. The van der Waals surface area contributed by atoms with Crippen molar-refractivity contribution in [3.8, 4) is 11.3 Å². The lowest BCUT2D eigenvalue weighted by Gasteiger charge is -2.47. The molecule has 0 radical (unpaired) electrons. The number of unbranched alkanes of at least 4 members (excludes halogenated alkanes) is 1. The highest BCUT2D eigenvalue weighted by atomic mass is 16.7. The first kappa shape index (κ1) is 48.7. The molecule has 352 valence electrons. The van der Waals surface area contributed by atoms with Gasteiger partial charge in [-0.3, -0.25) is 24.1 Å². The lowest BCUT2D eigenvalue weighted by molar-refractivity contribution is -0.299. The quantitative estimate of drug-likeness (QED) is 0.104. The molecule has 6 rings (SSSR count). The first-order chi connectivity index (χ1) is 29.9. The third kappa shape index (κ3) is 10.5. The summed E-state index contributed by atoms with van der Waals surface area (Å²) in [7, 11) is 1.57. The molecule has 2 aromatic rings. The number of ketones is 1. The van der Waals surface area contributed by atoms with Crippen molar-refractivity contribution in [3.63, 3.8) is 0 Å². The maximum absolute atomic E-state index is 14.5. The number of esters is 1. The lowest BCUT2D eigenvalue weighted by atomic mass is 9.78. The van der Waals surface area contributed by atoms with Crippen molar-refractivity contribution in [1.82, 2.24) is 30.1 Å². The van der Waals surface area contributed by atoms with E-state index in [-0.39, 0.29) is 24.7 Å². The van der Waals surface area contributed by atoms with E-state index >= 15 is 0 Å². The molecule has 1 amide bonds. The second kappa shape index (κ2) is 20.6. The Kier molecular flexibility index (Phi) is 15.9. The van der Waals surface area contributed by atoms with Crippen molar-refractivity contribution < 1.29 is 53.0 Å². The number of anilines is 1. The van der Waals surface area contributed by atoms with Gasteiger partial charge in [-0.15, -0.1) is 5.10 Å². The Morgan fingerprint density at radius 3 is 2.52 bits per heavy atom. The van der Waals surface area contributed by atoms with Gasteiger partial charge in [0.15, 0.2) is 17.7 Å². The summed E-state index contributed by atoms with van der Waals surface area (Å²) in [5.74, 6) is -3.37. The molecule has 63 heavy (non-hydrogen) atoms. The van der Waals surface area contributed by atoms with Crippen LogP contribution >= 0.6 is 0 Å². The van der Waals surface area contributed by atoms with Crippen molar-refractivity contribution in [2.45, 2.75) is 160 Å². The fourth-order valence-corrected chi connectivity index (χ4v) is 10.3. The number of methoxy groups -OCH3 is 1. The van der Waals surface area contributed by atoms with Gasteiger partial charge in [-0.25, -0.2) is 4.79 Å². The van der Waals surface area contributed by atoms with Crippen molar-refractivity contribution >= 4 is 23.5 Å². The lowest BCUT2D eigenvalue weighted by Crippen LogP contribution is -2.61. The van der Waals surface area contributed by atoms with Crippen LogP contribution in [0, 0.1) is 17.8 Å². The standard InChI is InChI=1S/C45H71N7O11/c1-10-35-45(8)39(52(43(57)63-45)17-12-11-16-50-24-33(48-49-50)31-14-13-15-32(46)21-31)30(6)47-23-26(2)22-44(7,58-9)40(28(4)37(54)29(5)41(56)61-35)62-42-38(55)34(20-27(3)60-42)51-18-19-59-36(51)25-53/h13-15,21,24,26-30,34-36,38-40,42,47,53,55H,10-12,16-20,22-23,25,46H2,1-9H3/t26-,27?,28+,29-,30-,34?,35-,36?,38?,39-,40-,42+,44-,45-/m1/s1. The van der Waals surface area contributed by atoms with Gasteiger partial charge in [0, 0.05) is 56.0 Å². The number of nitrogens with two attached hydrogens (primary N) is 1. The molecule has 1 aromatic heterocycles. The average Bonchev–Trinajstić information content (AvgIpc) is 4.00. The minimum Gasteiger partial charge on any atom is -0.458 e. The van der Waals surface area contributed by atoms with E-state index < -0.39 is 83.8 Å². The molecule has 18 nitrogen and oxygen atoms in total. The topological polar surface area (TPSA) is 222 Å². The van der Waals surface area contributed by atoms with Gasteiger partial charge < -0.3 is 49.7 Å². The number of ether oxygens (including phenoxy) is 6. The number of carbonyl (C=O) groups excluding carboxylic acids is 3. The third-order valence-corrected chi connectivity index (χ3v) is 13.8. The molecule has 4 saturated heterocycles. The van der Waals surface area contributed by atoms with Gasteiger partial charge in [-0.2, -0.15) is 0 Å². The van der Waals surface area contributed by atoms with Crippen molar-refractivity contribution in [2.24, 2.45) is 17.8 Å². The number of carbonyl (C=O) groups is 3. The van der Waals surface area contributed by atoms with Crippen molar-refractivity contribution in [3.05, 3.63) is 30.5 Å². The number of benzene rings is 1. The van der Waals surface area contributed by atoms with Gasteiger partial charge >= 0.3 is 12.1 Å². The van der Waals surface area contributed by atoms with Gasteiger partial charge in [-0.1, -0.05) is 38.1 Å². The van der Waals surface area contributed by atoms with Crippen LogP contribution in [0.15, 0.2) is 30.5 Å². The predicted octanol–water partition coefficient (Wildman–Crippen LogP) is 3.37. The number of cyclic esters (lactones) is 1. The van der Waals surface area contributed by atoms with E-state index in [2.05, 4.69) is 22.6 Å². The fraction of sp³-hybridized carbons (Fsp3) is 0.756. The Morgan fingerprint density at radius 1 is 1.08 bits per heavy atom. The van der Waals surface area contributed by atoms with E-state index in [9.17, 15) is 24.6 Å². The molecule has 0 spiro atoms. The maximum atomic E-state index is 14.5. The zero-order valence-electron chi connectivity index (χ0n) is 38.5. The normalized spacial score (nSPS) is 37.6. The molecular formula is C45H71N7O11. The molecule has 0 bridgehead atoms. The number of Topliss-reactive ketones (excluding diaryl/α,β-unsaturated/α-hetero) is 1. The van der Waals surface area contributed by atoms with Gasteiger partial charge in [0.05, 0.1) is 43.3 Å². The number of fused-ring (bicyclic) bond motifs is 1. The van der Waals surface area contributed by atoms with E-state index in [1.165, 1.54) is 6.92 Å². The SMILES string of the molecule is CC[C@H]1OC(=O)[C@H](C)C(=O)[C@H](C)[C@@H](O[C@@H]2OC(C)CC(N3CCOC3CO)C2O)[C@](C)(OC)C[C@@H](C)CN[C@H](C)[C@H]2N(CCCCn3cc(-c4cccc(N)c4)nn3)C(=O)O[C@]12C. The maximum Gasteiger partial charge on any atom is 0.410 e. The number of aliphatic hydroxyl groups is 2. The van der Waals surface area contributed by atoms with E-state index in [0.29, 0.717) is 70.6 Å². The van der Waals surface area contributed by atoms with Gasteiger partial charge in [0.1, 0.15) is 30.0 Å². The predicted molar refractivity (Wildman–Crippen MR) is 232 cm³/mol. The highest BCUT2D eigenvalue weighted by molar-refractivity contribution is 6.00. The van der Waals surface area contributed by atoms with Gasteiger partial charge in [-0.05, 0) is 91.3 Å². The average molecular weight is 886 g/mol. The Morgan fingerprint density at radius 2 is 1.83 bits per heavy atom. The van der Waals surface area contributed by atoms with Crippen molar-refractivity contribution in [1.29, 1.82) is 0 Å². The second-order valence-corrected chi connectivity index (χ2v) is 18.6. The smallest absolute Gasteiger partial charge is 0.410 e. The molecular weight excluding hydrogens is 815 g/mol. The Bertz CT molecular complexity index is 1870. The zero-order chi connectivity index (χ0) is 45.8. The highest BCUT2D eigenvalue weighted by Crippen LogP contribution is 2.40. The van der Waals surface area contributed by atoms with Crippen LogP contribution in [0.25, 0.3) is 11.3 Å². The Labute approximate surface area is 371 Å². The second-order valence-electron chi connectivity index (χ2n) is 18.6. The van der Waals surface area contributed by atoms with Crippen LogP contribution in [-0.4, -0.2) is 159 Å². The number of rotatable bonds is 12. The van der Waals surface area contributed by atoms with Crippen LogP contribution in [0.1, 0.15) is 87.5 Å². The molecule has 14 atom stereocenters. The first-order valence-corrected chi connectivity index (χ1v) is 22.7. The summed E-state index contributed by atoms with van der Waals surface area (Å²) in [5, 5.41) is 34.1. The van der Waals surface area contributed by atoms with E-state index in [0.717, 1.165) is 11.3 Å². The van der Waals surface area contributed by atoms with Crippen LogP contribution in [0.2, 0.25) is 0 Å². The summed E-state index contributed by atoms with van der Waals surface area (Å²) in [6.45, 7) is 16.9. The molecule has 4 unspecified atom stereocenters. The molecule has 18 heteroatoms. The molecule has 0 aliphatic carbocycles. The summed E-state index contributed by atoms with van der Waals surface area (Å²) in [5.41, 5.74) is 5.85. The molecule has 4 aliphatic heterocycles. The monoisotopic (exact) mass is 886 g/mol. The van der Waals surface area contributed by atoms with Crippen LogP contribution in [0.4, 0.5) is 10.5 Å². The number of aryl methyl sites for hydroxylation is 1. The number of amides is 1. The third-order valence-electron chi connectivity index (χ3n) is 13.8. The van der Waals surface area contributed by atoms with Crippen LogP contribution < -0.4 is 11.1 Å². The number of nitrogens with zero attached hydrogens (tertiary/aromatic N) is 5. The van der Waals surface area contributed by atoms with Crippen LogP contribution in [0.5, 0.6) is 0 Å². The molecule has 1 aromatic carbocycles. The molecule has 5 heterocycles. The van der Waals surface area contributed by atoms with Crippen LogP contribution in [0.3, 0.4) is 0 Å². The van der Waals surface area contributed by atoms with Crippen molar-refractivity contribution in [2.75, 3.05) is 45.7 Å². The number of nitrogens with one attached hydrogen (secondary N) is 1. The fourth-order valence-electron chi connectivity index (χ4n) is 10.3. The minimum atomic E-state index is -1.26. The summed E-state index contributed by atoms with van der Waals surface area (Å²) in [4.78, 5) is 46.2. The number of hydrogen-bond donors (Lipinski definition) is 4. The Hall–Kier alpha value is -3.75. The van der Waals surface area contributed by atoms with Gasteiger partial charge in [0.25, 0.3) is 0 Å². The minimum absolute atomic E-state index is 0.0539. The molecule has 4 aliphatic rings. The summed E-state index contributed by atoms with van der Waals surface area (Å²) < 4.78 is 39.2. The van der Waals surface area contributed by atoms with Gasteiger partial charge in [0.2, 0.25) is 0 Å². The first-order valence-electron chi connectivity index (χ1n) is 22.7. The zero-order valence-corrected chi connectivity index (χ0v) is 38.5. The van der Waals surface area contributed by atoms with Crippen LogP contribution in [-0.2, 0) is 44.6 Å². The van der Waals surface area contributed by atoms with E-state index in [1.807, 2.05) is 70.0 Å². The largest absolute Gasteiger partial charge is 0.458 e. The summed E-state index contributed by atoms with van der Waals surface area (Å²) >= 11 is 0. The number of hydrogen-bond acceptors (Lipinski definition) is 16. The Balaban J connectivity index is 1.22. The number of aliphatic hydroxyl groups excluding tert-OH is 2. The summed E-state index contributed by atoms with van der Waals surface area (Å²) in [6, 6.07) is 6.17. The molecule has 0 saturated carbocycles. The van der Waals surface area contributed by atoms with E-state index in [4.69, 9.17) is 34.2 Å². The number of aromatic nitrogens is 3. The van der Waals surface area contributed by atoms with E-state index in [1.54, 1.807) is 23.6 Å². The summed E-state index contributed by atoms with van der Waals surface area (Å²) in [6.07, 6.45) is -1.10. The number of nitrogen functional groups attached to an aromatic ring is 1.